The van der Waals surface area contributed by atoms with Crippen molar-refractivity contribution in [2.75, 3.05) is 5.32 Å². The molecule has 0 aliphatic carbocycles. The van der Waals surface area contributed by atoms with Gasteiger partial charge in [-0.1, -0.05) is 11.6 Å². The Labute approximate surface area is 130 Å². The van der Waals surface area contributed by atoms with Gasteiger partial charge in [0.05, 0.1) is 10.7 Å². The molecule has 1 aromatic rings. The van der Waals surface area contributed by atoms with Crippen molar-refractivity contribution in [3.05, 3.63) is 37.4 Å². The number of rotatable bonds is 3. The van der Waals surface area contributed by atoms with E-state index in [0.29, 0.717) is 8.95 Å². The first kappa shape index (κ1) is 15.5. The number of hydrogen-bond donors (Lipinski definition) is 2. The minimum atomic E-state index is -1.24. The largest absolute Gasteiger partial charge is 0.478 e. The Kier molecular flexibility index (Phi) is 5.37. The molecule has 0 amide bonds. The van der Waals surface area contributed by atoms with Crippen LogP contribution in [0, 0.1) is 22.7 Å². The molecule has 0 aliphatic rings. The smallest absolute Gasteiger partial charge is 0.339 e. The van der Waals surface area contributed by atoms with E-state index >= 15 is 0 Å². The number of carbonyl (C=O) groups is 1. The number of nitriles is 2. The van der Waals surface area contributed by atoms with Crippen molar-refractivity contribution in [1.82, 2.24) is 0 Å². The minimum absolute atomic E-state index is 0.0158. The third-order valence-electron chi connectivity index (χ3n) is 1.99. The van der Waals surface area contributed by atoms with Crippen molar-refractivity contribution in [2.24, 2.45) is 0 Å². The zero-order valence-corrected chi connectivity index (χ0v) is 13.0. The van der Waals surface area contributed by atoms with Gasteiger partial charge in [0.15, 0.2) is 0 Å². The number of allylic oxidation sites excluding steroid dienone is 1. The first-order chi connectivity index (χ1) is 8.92. The van der Waals surface area contributed by atoms with Gasteiger partial charge in [-0.3, -0.25) is 0 Å². The summed E-state index contributed by atoms with van der Waals surface area (Å²) in [6.07, 6.45) is 1.11. The summed E-state index contributed by atoms with van der Waals surface area (Å²) in [6, 6.07) is 4.86. The molecule has 0 aromatic heterocycles. The maximum absolute atomic E-state index is 11.2. The van der Waals surface area contributed by atoms with Gasteiger partial charge in [-0.05, 0) is 37.9 Å². The summed E-state index contributed by atoms with van der Waals surface area (Å²) >= 11 is 12.2. The van der Waals surface area contributed by atoms with Crippen molar-refractivity contribution >= 4 is 55.1 Å². The predicted octanol–water partition coefficient (Wildman–Crippen LogP) is 3.91. The fraction of sp³-hybridized carbons (Fsp3) is 0. The lowest BCUT2D eigenvalue weighted by Gasteiger charge is -2.11. The fourth-order valence-corrected chi connectivity index (χ4v) is 2.68. The molecular weight excluding hydrogens is 401 g/mol. The van der Waals surface area contributed by atoms with Crippen molar-refractivity contribution in [2.45, 2.75) is 0 Å². The van der Waals surface area contributed by atoms with E-state index < -0.39 is 5.97 Å². The maximum Gasteiger partial charge on any atom is 0.339 e. The monoisotopic (exact) mass is 403 g/mol. The summed E-state index contributed by atoms with van der Waals surface area (Å²) in [5.74, 6) is -1.24. The zero-order chi connectivity index (χ0) is 14.6. The highest BCUT2D eigenvalue weighted by Crippen LogP contribution is 2.38. The topological polar surface area (TPSA) is 96.9 Å². The molecule has 0 fully saturated rings. The molecule has 0 saturated heterocycles. The zero-order valence-electron chi connectivity index (χ0n) is 9.04. The summed E-state index contributed by atoms with van der Waals surface area (Å²) in [5.41, 5.74) is -0.208. The lowest BCUT2D eigenvalue weighted by atomic mass is 10.1. The number of nitrogens with zero attached hydrogens (tertiary/aromatic N) is 2. The predicted molar refractivity (Wildman–Crippen MR) is 76.7 cm³/mol. The van der Waals surface area contributed by atoms with Crippen molar-refractivity contribution in [1.29, 1.82) is 10.5 Å². The number of carboxylic acid groups (broad SMARTS) is 1. The van der Waals surface area contributed by atoms with E-state index in [0.717, 1.165) is 6.20 Å². The Hall–Kier alpha value is -1.54. The van der Waals surface area contributed by atoms with Gasteiger partial charge >= 0.3 is 5.97 Å². The highest BCUT2D eigenvalue weighted by molar-refractivity contribution is 9.11. The third-order valence-corrected chi connectivity index (χ3v) is 3.86. The van der Waals surface area contributed by atoms with Gasteiger partial charge in [0.1, 0.15) is 23.3 Å². The number of hydrogen-bond acceptors (Lipinski definition) is 4. The van der Waals surface area contributed by atoms with Crippen LogP contribution in [0.25, 0.3) is 0 Å². The van der Waals surface area contributed by atoms with Crippen LogP contribution in [0.5, 0.6) is 0 Å². The number of halogens is 3. The SMILES string of the molecule is N#CC(C#N)=CNc1c(Br)cc(Br)c(Cl)c1C(=O)O. The molecule has 0 saturated carbocycles. The first-order valence-electron chi connectivity index (χ1n) is 4.60. The lowest BCUT2D eigenvalue weighted by molar-refractivity contribution is 0.0698. The molecular formula is C11H4Br2ClN3O2. The second kappa shape index (κ2) is 6.58. The fourth-order valence-electron chi connectivity index (χ4n) is 1.17. The number of aromatic carboxylic acids is 1. The number of nitrogens with one attached hydrogen (secondary N) is 1. The number of carboxylic acids is 1. The van der Waals surface area contributed by atoms with Crippen LogP contribution in [0.3, 0.4) is 0 Å². The van der Waals surface area contributed by atoms with E-state index in [-0.39, 0.29) is 21.8 Å². The van der Waals surface area contributed by atoms with Crippen LogP contribution in [-0.4, -0.2) is 11.1 Å². The van der Waals surface area contributed by atoms with Crippen LogP contribution in [0.2, 0.25) is 5.02 Å². The van der Waals surface area contributed by atoms with E-state index in [1.165, 1.54) is 0 Å². The van der Waals surface area contributed by atoms with Crippen LogP contribution in [-0.2, 0) is 0 Å². The van der Waals surface area contributed by atoms with Gasteiger partial charge in [-0.25, -0.2) is 4.79 Å². The molecule has 19 heavy (non-hydrogen) atoms. The van der Waals surface area contributed by atoms with Gasteiger partial charge in [0.25, 0.3) is 0 Å². The van der Waals surface area contributed by atoms with Crippen LogP contribution in [0.1, 0.15) is 10.4 Å². The average molecular weight is 405 g/mol. The number of anilines is 1. The molecule has 96 valence electrons. The molecule has 8 heteroatoms. The molecule has 5 nitrogen and oxygen atoms in total. The van der Waals surface area contributed by atoms with Gasteiger partial charge in [0.2, 0.25) is 0 Å². The van der Waals surface area contributed by atoms with E-state index in [4.69, 9.17) is 27.2 Å². The summed E-state index contributed by atoms with van der Waals surface area (Å²) in [4.78, 5) is 11.2. The van der Waals surface area contributed by atoms with E-state index in [2.05, 4.69) is 37.2 Å². The second-order valence-corrected chi connectivity index (χ2v) is 5.22. The second-order valence-electron chi connectivity index (χ2n) is 3.14. The summed E-state index contributed by atoms with van der Waals surface area (Å²) in [7, 11) is 0. The molecule has 0 bridgehead atoms. The lowest BCUT2D eigenvalue weighted by Crippen LogP contribution is -2.05. The van der Waals surface area contributed by atoms with Gasteiger partial charge < -0.3 is 10.4 Å². The Morgan fingerprint density at radius 1 is 1.37 bits per heavy atom. The molecule has 2 N–H and O–H groups in total. The van der Waals surface area contributed by atoms with Gasteiger partial charge in [-0.2, -0.15) is 10.5 Å². The van der Waals surface area contributed by atoms with E-state index in [1.54, 1.807) is 18.2 Å². The molecule has 0 radical (unpaired) electrons. The van der Waals surface area contributed by atoms with Crippen LogP contribution in [0.4, 0.5) is 5.69 Å². The minimum Gasteiger partial charge on any atom is -0.478 e. The third kappa shape index (κ3) is 3.48. The molecule has 1 rings (SSSR count). The van der Waals surface area contributed by atoms with Gasteiger partial charge in [0, 0.05) is 15.1 Å². The molecule has 1 aromatic carbocycles. The highest BCUT2D eigenvalue weighted by atomic mass is 79.9. The van der Waals surface area contributed by atoms with Crippen LogP contribution in [0.15, 0.2) is 26.8 Å². The summed E-state index contributed by atoms with van der Waals surface area (Å²) in [6.45, 7) is 0. The summed E-state index contributed by atoms with van der Waals surface area (Å²) < 4.78 is 0.835. The Balaban J connectivity index is 3.41. The highest BCUT2D eigenvalue weighted by Gasteiger charge is 2.20. The molecule has 0 unspecified atom stereocenters. The first-order valence-corrected chi connectivity index (χ1v) is 6.56. The Bertz CT molecular complexity index is 643. The van der Waals surface area contributed by atoms with Crippen molar-refractivity contribution in [3.63, 3.8) is 0 Å². The van der Waals surface area contributed by atoms with Crippen molar-refractivity contribution < 1.29 is 9.90 Å². The van der Waals surface area contributed by atoms with Gasteiger partial charge in [-0.15, -0.1) is 0 Å². The van der Waals surface area contributed by atoms with Crippen molar-refractivity contribution in [3.8, 4) is 12.1 Å². The van der Waals surface area contributed by atoms with Crippen LogP contribution < -0.4 is 5.32 Å². The summed E-state index contributed by atoms with van der Waals surface area (Å²) in [5, 5.41) is 29.0. The molecule has 0 aliphatic heterocycles. The van der Waals surface area contributed by atoms with Crippen LogP contribution >= 0.6 is 43.5 Å². The Morgan fingerprint density at radius 2 is 1.95 bits per heavy atom. The standard InChI is InChI=1S/C11H4Br2ClN3O2/c12-6-1-7(13)10(8(9(6)14)11(18)19)17-4-5(2-15)3-16/h1,4,17H,(H,18,19). The number of benzene rings is 1. The van der Waals surface area contributed by atoms with E-state index in [1.807, 2.05) is 0 Å². The normalized spacial score (nSPS) is 9.11. The quantitative estimate of drug-likeness (QED) is 0.587. The molecule has 0 atom stereocenters. The average Bonchev–Trinajstić information content (AvgIpc) is 2.35. The Morgan fingerprint density at radius 3 is 2.42 bits per heavy atom. The molecule has 0 spiro atoms. The van der Waals surface area contributed by atoms with E-state index in [9.17, 15) is 4.79 Å². The maximum atomic E-state index is 11.2. The molecule has 0 heterocycles.